The summed E-state index contributed by atoms with van der Waals surface area (Å²) in [7, 11) is 2.21. The number of nitrogens with zero attached hydrogens (tertiary/aromatic N) is 1. The van der Waals surface area contributed by atoms with Crippen LogP contribution in [0.15, 0.2) is 0 Å². The second-order valence-electron chi connectivity index (χ2n) is 5.63. The molecule has 2 nitrogen and oxygen atoms in total. The molecule has 0 aromatic heterocycles. The average molecular weight is 212 g/mol. The van der Waals surface area contributed by atoms with Crippen LogP contribution in [0.4, 0.5) is 0 Å². The highest BCUT2D eigenvalue weighted by Gasteiger charge is 2.24. The normalized spacial score (nSPS) is 22.6. The maximum absolute atomic E-state index is 6.28. The van der Waals surface area contributed by atoms with Crippen molar-refractivity contribution in [3.8, 4) is 0 Å². The molecule has 0 aliphatic heterocycles. The SMILES string of the molecule is CC(C)C(C)N(C)CC(N)C1CCCC1. The van der Waals surface area contributed by atoms with Crippen molar-refractivity contribution in [3.05, 3.63) is 0 Å². The summed E-state index contributed by atoms with van der Waals surface area (Å²) in [6, 6.07) is 1.02. The molecular formula is C13H28N2. The third-order valence-corrected chi connectivity index (χ3v) is 4.16. The lowest BCUT2D eigenvalue weighted by atomic mass is 9.97. The van der Waals surface area contributed by atoms with Gasteiger partial charge in [-0.25, -0.2) is 0 Å². The summed E-state index contributed by atoms with van der Waals surface area (Å²) in [5.41, 5.74) is 6.28. The van der Waals surface area contributed by atoms with Gasteiger partial charge >= 0.3 is 0 Å². The van der Waals surface area contributed by atoms with E-state index in [-0.39, 0.29) is 0 Å². The summed E-state index contributed by atoms with van der Waals surface area (Å²) >= 11 is 0. The van der Waals surface area contributed by atoms with Crippen molar-refractivity contribution >= 4 is 0 Å². The van der Waals surface area contributed by atoms with E-state index in [4.69, 9.17) is 5.73 Å². The molecule has 0 aromatic rings. The van der Waals surface area contributed by atoms with Gasteiger partial charge in [0.1, 0.15) is 0 Å². The Labute approximate surface area is 95.2 Å². The summed E-state index contributed by atoms with van der Waals surface area (Å²) < 4.78 is 0. The molecule has 0 saturated heterocycles. The third-order valence-electron chi connectivity index (χ3n) is 4.16. The van der Waals surface area contributed by atoms with Gasteiger partial charge < -0.3 is 10.6 Å². The van der Waals surface area contributed by atoms with Crippen molar-refractivity contribution in [1.82, 2.24) is 4.90 Å². The van der Waals surface area contributed by atoms with Crippen LogP contribution >= 0.6 is 0 Å². The van der Waals surface area contributed by atoms with Crippen molar-refractivity contribution < 1.29 is 0 Å². The molecule has 90 valence electrons. The zero-order valence-electron chi connectivity index (χ0n) is 10.9. The maximum Gasteiger partial charge on any atom is 0.0196 e. The summed E-state index contributed by atoms with van der Waals surface area (Å²) in [5.74, 6) is 1.50. The number of hydrogen-bond acceptors (Lipinski definition) is 2. The molecular weight excluding hydrogens is 184 g/mol. The van der Waals surface area contributed by atoms with Gasteiger partial charge in [-0.2, -0.15) is 0 Å². The van der Waals surface area contributed by atoms with Crippen LogP contribution in [0.2, 0.25) is 0 Å². The number of nitrogens with two attached hydrogens (primary N) is 1. The van der Waals surface area contributed by atoms with Crippen LogP contribution in [0.1, 0.15) is 46.5 Å². The van der Waals surface area contributed by atoms with E-state index in [0.29, 0.717) is 18.0 Å². The van der Waals surface area contributed by atoms with Gasteiger partial charge in [-0.3, -0.25) is 0 Å². The van der Waals surface area contributed by atoms with E-state index in [0.717, 1.165) is 12.5 Å². The Balaban J connectivity index is 2.32. The van der Waals surface area contributed by atoms with Crippen LogP contribution in [0.5, 0.6) is 0 Å². The quantitative estimate of drug-likeness (QED) is 0.758. The summed E-state index contributed by atoms with van der Waals surface area (Å²) in [4.78, 5) is 2.42. The Bertz CT molecular complexity index is 167. The fraction of sp³-hybridized carbons (Fsp3) is 1.00. The molecule has 0 aromatic carbocycles. The first kappa shape index (κ1) is 13.0. The van der Waals surface area contributed by atoms with Crippen LogP contribution in [-0.2, 0) is 0 Å². The topological polar surface area (TPSA) is 29.3 Å². The molecule has 0 heterocycles. The first-order valence-corrected chi connectivity index (χ1v) is 6.48. The lowest BCUT2D eigenvalue weighted by Crippen LogP contribution is -2.44. The van der Waals surface area contributed by atoms with Gasteiger partial charge in [-0.05, 0) is 38.6 Å². The van der Waals surface area contributed by atoms with Gasteiger partial charge in [-0.1, -0.05) is 26.7 Å². The van der Waals surface area contributed by atoms with Crippen molar-refractivity contribution in [2.24, 2.45) is 17.6 Å². The number of likely N-dealkylation sites (N-methyl/N-ethyl adjacent to an activating group) is 1. The van der Waals surface area contributed by atoms with Crippen LogP contribution in [-0.4, -0.2) is 30.6 Å². The number of hydrogen-bond donors (Lipinski definition) is 1. The fourth-order valence-electron chi connectivity index (χ4n) is 2.54. The zero-order chi connectivity index (χ0) is 11.4. The molecule has 2 atom stereocenters. The Morgan fingerprint density at radius 2 is 1.73 bits per heavy atom. The van der Waals surface area contributed by atoms with Crippen molar-refractivity contribution in [2.45, 2.75) is 58.5 Å². The lowest BCUT2D eigenvalue weighted by molar-refractivity contribution is 0.181. The standard InChI is InChI=1S/C13H28N2/c1-10(2)11(3)15(4)9-13(14)12-7-5-6-8-12/h10-13H,5-9,14H2,1-4H3. The second-order valence-corrected chi connectivity index (χ2v) is 5.63. The summed E-state index contributed by atoms with van der Waals surface area (Å²) in [6.07, 6.45) is 5.49. The predicted molar refractivity (Wildman–Crippen MR) is 66.9 cm³/mol. The van der Waals surface area contributed by atoms with E-state index in [1.807, 2.05) is 0 Å². The average Bonchev–Trinajstić information content (AvgIpc) is 2.68. The monoisotopic (exact) mass is 212 g/mol. The largest absolute Gasteiger partial charge is 0.326 e. The Morgan fingerprint density at radius 3 is 2.20 bits per heavy atom. The summed E-state index contributed by atoms with van der Waals surface area (Å²) in [6.45, 7) is 7.92. The van der Waals surface area contributed by atoms with Crippen molar-refractivity contribution in [2.75, 3.05) is 13.6 Å². The second kappa shape index (κ2) is 5.86. The lowest BCUT2D eigenvalue weighted by Gasteiger charge is -2.32. The summed E-state index contributed by atoms with van der Waals surface area (Å²) in [5, 5.41) is 0. The highest BCUT2D eigenvalue weighted by molar-refractivity contribution is 4.81. The molecule has 15 heavy (non-hydrogen) atoms. The van der Waals surface area contributed by atoms with Gasteiger partial charge in [-0.15, -0.1) is 0 Å². The minimum Gasteiger partial charge on any atom is -0.326 e. The fourth-order valence-corrected chi connectivity index (χ4v) is 2.54. The van der Waals surface area contributed by atoms with E-state index in [2.05, 4.69) is 32.7 Å². The van der Waals surface area contributed by atoms with E-state index in [1.165, 1.54) is 25.7 Å². The van der Waals surface area contributed by atoms with E-state index < -0.39 is 0 Å². The predicted octanol–water partition coefficient (Wildman–Crippen LogP) is 2.48. The molecule has 2 unspecified atom stereocenters. The van der Waals surface area contributed by atoms with Gasteiger partial charge in [0.2, 0.25) is 0 Å². The molecule has 2 heteroatoms. The van der Waals surface area contributed by atoms with Gasteiger partial charge in [0, 0.05) is 18.6 Å². The first-order chi connectivity index (χ1) is 7.02. The first-order valence-electron chi connectivity index (χ1n) is 6.48. The molecule has 1 aliphatic rings. The highest BCUT2D eigenvalue weighted by atomic mass is 15.1. The molecule has 1 rings (SSSR count). The minimum absolute atomic E-state index is 0.388. The molecule has 1 saturated carbocycles. The van der Waals surface area contributed by atoms with E-state index in [9.17, 15) is 0 Å². The minimum atomic E-state index is 0.388. The highest BCUT2D eigenvalue weighted by Crippen LogP contribution is 2.27. The van der Waals surface area contributed by atoms with E-state index >= 15 is 0 Å². The third kappa shape index (κ3) is 3.76. The Kier molecular flexibility index (Phi) is 5.07. The van der Waals surface area contributed by atoms with E-state index in [1.54, 1.807) is 0 Å². The van der Waals surface area contributed by atoms with Crippen LogP contribution in [0.25, 0.3) is 0 Å². The smallest absolute Gasteiger partial charge is 0.0196 e. The zero-order valence-corrected chi connectivity index (χ0v) is 10.9. The van der Waals surface area contributed by atoms with Crippen LogP contribution in [0.3, 0.4) is 0 Å². The van der Waals surface area contributed by atoms with Crippen molar-refractivity contribution in [1.29, 1.82) is 0 Å². The molecule has 0 bridgehead atoms. The number of rotatable bonds is 5. The molecule has 0 amide bonds. The van der Waals surface area contributed by atoms with Gasteiger partial charge in [0.25, 0.3) is 0 Å². The van der Waals surface area contributed by atoms with Gasteiger partial charge in [0.15, 0.2) is 0 Å². The maximum atomic E-state index is 6.28. The Hall–Kier alpha value is -0.0800. The molecule has 0 radical (unpaired) electrons. The molecule has 2 N–H and O–H groups in total. The molecule has 1 aliphatic carbocycles. The Morgan fingerprint density at radius 1 is 1.20 bits per heavy atom. The molecule has 1 fully saturated rings. The van der Waals surface area contributed by atoms with Gasteiger partial charge in [0.05, 0.1) is 0 Å². The van der Waals surface area contributed by atoms with Crippen LogP contribution < -0.4 is 5.73 Å². The van der Waals surface area contributed by atoms with Crippen molar-refractivity contribution in [3.63, 3.8) is 0 Å². The van der Waals surface area contributed by atoms with Crippen LogP contribution in [0, 0.1) is 11.8 Å². The molecule has 0 spiro atoms.